The number of hydrogen-bond acceptors (Lipinski definition) is 5. The van der Waals surface area contributed by atoms with E-state index in [-0.39, 0.29) is 18.0 Å². The maximum absolute atomic E-state index is 12.5. The van der Waals surface area contributed by atoms with Gasteiger partial charge >= 0.3 is 0 Å². The molecule has 1 aromatic heterocycles. The Morgan fingerprint density at radius 2 is 2.11 bits per heavy atom. The maximum Gasteiger partial charge on any atom is 0.246 e. The van der Waals surface area contributed by atoms with E-state index in [4.69, 9.17) is 5.11 Å². The topological polar surface area (TPSA) is 82.5 Å². The molecular weight excluding hydrogens is 266 g/mol. The highest BCUT2D eigenvalue weighted by atomic mass is 32.2. The second-order valence-corrected chi connectivity index (χ2v) is 5.94. The van der Waals surface area contributed by atoms with Crippen LogP contribution in [0.1, 0.15) is 20.3 Å². The van der Waals surface area contributed by atoms with Gasteiger partial charge in [0.1, 0.15) is 4.90 Å². The maximum atomic E-state index is 12.5. The van der Waals surface area contributed by atoms with Crippen molar-refractivity contribution in [1.29, 1.82) is 0 Å². The van der Waals surface area contributed by atoms with E-state index in [0.717, 1.165) is 0 Å². The molecule has 0 bridgehead atoms. The smallest absolute Gasteiger partial charge is 0.246 e. The first-order valence-corrected chi connectivity index (χ1v) is 7.80. The third kappa shape index (κ3) is 3.89. The van der Waals surface area contributed by atoms with E-state index in [9.17, 15) is 8.42 Å². The Balaban J connectivity index is 3.16. The van der Waals surface area contributed by atoms with Gasteiger partial charge in [-0.05, 0) is 19.4 Å². The monoisotopic (exact) mass is 287 g/mol. The van der Waals surface area contributed by atoms with Gasteiger partial charge in [-0.3, -0.25) is 4.98 Å². The van der Waals surface area contributed by atoms with Crippen molar-refractivity contribution in [2.24, 2.45) is 0 Å². The molecule has 0 amide bonds. The lowest BCUT2D eigenvalue weighted by atomic mass is 10.4. The summed E-state index contributed by atoms with van der Waals surface area (Å²) in [6.07, 6.45) is 3.58. The normalized spacial score (nSPS) is 11.8. The van der Waals surface area contributed by atoms with Crippen LogP contribution in [0.3, 0.4) is 0 Å². The average Bonchev–Trinajstić information content (AvgIpc) is 2.39. The molecule has 0 aliphatic carbocycles. The molecule has 6 nitrogen and oxygen atoms in total. The van der Waals surface area contributed by atoms with Crippen LogP contribution in [0.4, 0.5) is 5.69 Å². The number of aromatic nitrogens is 1. The number of pyridine rings is 1. The van der Waals surface area contributed by atoms with Crippen LogP contribution < -0.4 is 5.32 Å². The summed E-state index contributed by atoms with van der Waals surface area (Å²) in [6, 6.07) is 1.64. The first kappa shape index (κ1) is 15.9. The molecule has 0 aliphatic heterocycles. The lowest BCUT2D eigenvalue weighted by Crippen LogP contribution is -2.34. The molecule has 0 unspecified atom stereocenters. The van der Waals surface area contributed by atoms with Gasteiger partial charge in [0.05, 0.1) is 12.3 Å². The van der Waals surface area contributed by atoms with Crippen LogP contribution in [0, 0.1) is 0 Å². The van der Waals surface area contributed by atoms with E-state index in [1.807, 2.05) is 13.8 Å². The van der Waals surface area contributed by atoms with E-state index in [1.165, 1.54) is 10.5 Å². The van der Waals surface area contributed by atoms with Gasteiger partial charge in [0.15, 0.2) is 0 Å². The standard InChI is InChI=1S/C12H21N3O3S/c1-3-7-15(8-9-16)19(17,18)12-10-13-6-5-11(12)14-4-2/h5-6,10,16H,3-4,7-9H2,1-2H3,(H,13,14). The van der Waals surface area contributed by atoms with Crippen molar-refractivity contribution in [2.45, 2.75) is 25.2 Å². The van der Waals surface area contributed by atoms with E-state index >= 15 is 0 Å². The van der Waals surface area contributed by atoms with Gasteiger partial charge in [-0.2, -0.15) is 4.31 Å². The minimum Gasteiger partial charge on any atom is -0.395 e. The number of anilines is 1. The summed E-state index contributed by atoms with van der Waals surface area (Å²) in [6.45, 7) is 4.69. The molecule has 2 N–H and O–H groups in total. The summed E-state index contributed by atoms with van der Waals surface area (Å²) >= 11 is 0. The van der Waals surface area contributed by atoms with Crippen LogP contribution in [-0.2, 0) is 10.0 Å². The molecular formula is C12H21N3O3S. The molecule has 0 aromatic carbocycles. The van der Waals surface area contributed by atoms with Gasteiger partial charge < -0.3 is 10.4 Å². The SMILES string of the molecule is CCCN(CCO)S(=O)(=O)c1cnccc1NCC. The van der Waals surface area contributed by atoms with Crippen LogP contribution in [0.15, 0.2) is 23.4 Å². The number of aliphatic hydroxyl groups is 1. The van der Waals surface area contributed by atoms with Gasteiger partial charge in [0.2, 0.25) is 10.0 Å². The Bertz CT molecular complexity index is 485. The van der Waals surface area contributed by atoms with E-state index in [1.54, 1.807) is 12.3 Å². The summed E-state index contributed by atoms with van der Waals surface area (Å²) in [5.41, 5.74) is 0.538. The fraction of sp³-hybridized carbons (Fsp3) is 0.583. The summed E-state index contributed by atoms with van der Waals surface area (Å²) in [4.78, 5) is 4.04. The van der Waals surface area contributed by atoms with Crippen molar-refractivity contribution in [1.82, 2.24) is 9.29 Å². The third-order valence-electron chi connectivity index (χ3n) is 2.59. The molecule has 0 fully saturated rings. The second-order valence-electron chi connectivity index (χ2n) is 4.03. The molecule has 1 heterocycles. The van der Waals surface area contributed by atoms with Gasteiger partial charge in [0.25, 0.3) is 0 Å². The summed E-state index contributed by atoms with van der Waals surface area (Å²) in [7, 11) is -3.63. The van der Waals surface area contributed by atoms with Crippen molar-refractivity contribution in [3.8, 4) is 0 Å². The van der Waals surface area contributed by atoms with Gasteiger partial charge in [0, 0.05) is 32.0 Å². The third-order valence-corrected chi connectivity index (χ3v) is 4.52. The van der Waals surface area contributed by atoms with E-state index < -0.39 is 10.0 Å². The molecule has 0 radical (unpaired) electrons. The predicted octanol–water partition coefficient (Wildman–Crippen LogP) is 0.906. The minimum atomic E-state index is -3.63. The lowest BCUT2D eigenvalue weighted by Gasteiger charge is -2.22. The Labute approximate surface area is 114 Å². The highest BCUT2D eigenvalue weighted by Crippen LogP contribution is 2.23. The van der Waals surface area contributed by atoms with Gasteiger partial charge in [-0.25, -0.2) is 8.42 Å². The second kappa shape index (κ2) is 7.42. The zero-order valence-corrected chi connectivity index (χ0v) is 12.2. The molecule has 1 aromatic rings. The van der Waals surface area contributed by atoms with Crippen molar-refractivity contribution >= 4 is 15.7 Å². The highest BCUT2D eigenvalue weighted by molar-refractivity contribution is 7.89. The fourth-order valence-corrected chi connectivity index (χ4v) is 3.41. The number of nitrogens with zero attached hydrogens (tertiary/aromatic N) is 2. The molecule has 0 spiro atoms. The number of sulfonamides is 1. The first-order valence-electron chi connectivity index (χ1n) is 6.36. The first-order chi connectivity index (χ1) is 9.07. The summed E-state index contributed by atoms with van der Waals surface area (Å²) in [5.74, 6) is 0. The molecule has 19 heavy (non-hydrogen) atoms. The Morgan fingerprint density at radius 3 is 2.68 bits per heavy atom. The molecule has 7 heteroatoms. The number of aliphatic hydroxyl groups excluding tert-OH is 1. The summed E-state index contributed by atoms with van der Waals surface area (Å²) < 4.78 is 26.4. The predicted molar refractivity (Wildman–Crippen MR) is 74.5 cm³/mol. The Hall–Kier alpha value is -1.18. The van der Waals surface area contributed by atoms with Gasteiger partial charge in [-0.1, -0.05) is 6.92 Å². The van der Waals surface area contributed by atoms with Crippen LogP contribution >= 0.6 is 0 Å². The van der Waals surface area contributed by atoms with Gasteiger partial charge in [-0.15, -0.1) is 0 Å². The van der Waals surface area contributed by atoms with Crippen LogP contribution in [-0.4, -0.2) is 49.1 Å². The largest absolute Gasteiger partial charge is 0.395 e. The Kier molecular flexibility index (Phi) is 6.20. The average molecular weight is 287 g/mol. The summed E-state index contributed by atoms with van der Waals surface area (Å²) in [5, 5.41) is 12.0. The number of rotatable bonds is 8. The molecule has 0 saturated heterocycles. The van der Waals surface area contributed by atoms with Crippen molar-refractivity contribution < 1.29 is 13.5 Å². The number of hydrogen-bond donors (Lipinski definition) is 2. The lowest BCUT2D eigenvalue weighted by molar-refractivity contribution is 0.253. The zero-order chi connectivity index (χ0) is 14.3. The molecule has 0 atom stereocenters. The van der Waals surface area contributed by atoms with Crippen molar-refractivity contribution in [2.75, 3.05) is 31.6 Å². The Morgan fingerprint density at radius 1 is 1.37 bits per heavy atom. The van der Waals surface area contributed by atoms with Crippen LogP contribution in [0.2, 0.25) is 0 Å². The van der Waals surface area contributed by atoms with E-state index in [0.29, 0.717) is 25.2 Å². The molecule has 108 valence electrons. The van der Waals surface area contributed by atoms with Crippen LogP contribution in [0.5, 0.6) is 0 Å². The minimum absolute atomic E-state index is 0.0939. The highest BCUT2D eigenvalue weighted by Gasteiger charge is 2.26. The molecule has 0 saturated carbocycles. The van der Waals surface area contributed by atoms with E-state index in [2.05, 4.69) is 10.3 Å². The van der Waals surface area contributed by atoms with Crippen molar-refractivity contribution in [3.63, 3.8) is 0 Å². The molecule has 1 rings (SSSR count). The molecule has 0 aliphatic rings. The quantitative estimate of drug-likeness (QED) is 0.742. The number of nitrogens with one attached hydrogen (secondary N) is 1. The zero-order valence-electron chi connectivity index (χ0n) is 11.3. The van der Waals surface area contributed by atoms with Crippen LogP contribution in [0.25, 0.3) is 0 Å². The van der Waals surface area contributed by atoms with Crippen molar-refractivity contribution in [3.05, 3.63) is 18.5 Å². The fourth-order valence-electron chi connectivity index (χ4n) is 1.77.